The van der Waals surface area contributed by atoms with Gasteiger partial charge in [-0.05, 0) is 11.6 Å². The average molecular weight is 243 g/mol. The second kappa shape index (κ2) is 5.89. The van der Waals surface area contributed by atoms with Crippen molar-refractivity contribution in [3.8, 4) is 0 Å². The molecule has 0 spiro atoms. The first-order valence-electron chi connectivity index (χ1n) is 4.85. The summed E-state index contributed by atoms with van der Waals surface area (Å²) in [5.41, 5.74) is 5.32. The van der Waals surface area contributed by atoms with Crippen LogP contribution in [-0.4, -0.2) is 50.4 Å². The molecule has 0 aliphatic carbocycles. The van der Waals surface area contributed by atoms with Gasteiger partial charge < -0.3 is 15.6 Å². The summed E-state index contributed by atoms with van der Waals surface area (Å²) in [7, 11) is 1.26. The molecule has 0 unspecified atom stereocenters. The lowest BCUT2D eigenvalue weighted by Crippen LogP contribution is -2.30. The zero-order valence-electron chi connectivity index (χ0n) is 9.24. The molecule has 0 aliphatic rings. The van der Waals surface area contributed by atoms with Crippen LogP contribution in [0.15, 0.2) is 0 Å². The van der Waals surface area contributed by atoms with Gasteiger partial charge in [0.25, 0.3) is 0 Å². The number of carboxylic acid groups (broad SMARTS) is 1. The topological polar surface area (TPSA) is 133 Å². The Kier molecular flexibility index (Phi) is 4.52. The van der Waals surface area contributed by atoms with E-state index in [4.69, 9.17) is 10.8 Å². The molecular formula is C8H13N5O4. The van der Waals surface area contributed by atoms with Crippen LogP contribution in [0.2, 0.25) is 0 Å². The molecule has 0 saturated carbocycles. The minimum Gasteiger partial charge on any atom is -0.480 e. The van der Waals surface area contributed by atoms with Crippen molar-refractivity contribution < 1.29 is 19.4 Å². The Bertz CT molecular complexity index is 404. The molecule has 17 heavy (non-hydrogen) atoms. The quantitative estimate of drug-likeness (QED) is 0.558. The molecule has 9 nitrogen and oxygen atoms in total. The van der Waals surface area contributed by atoms with Crippen molar-refractivity contribution in [1.82, 2.24) is 20.2 Å². The maximum atomic E-state index is 10.9. The molecule has 1 heterocycles. The third kappa shape index (κ3) is 4.15. The number of aromatic nitrogens is 4. The maximum absolute atomic E-state index is 10.9. The molecule has 0 bridgehead atoms. The molecule has 1 atom stereocenters. The van der Waals surface area contributed by atoms with E-state index in [0.29, 0.717) is 5.82 Å². The van der Waals surface area contributed by atoms with Crippen LogP contribution in [0.25, 0.3) is 0 Å². The third-order valence-corrected chi connectivity index (χ3v) is 1.99. The van der Waals surface area contributed by atoms with E-state index in [9.17, 15) is 9.59 Å². The van der Waals surface area contributed by atoms with Crippen molar-refractivity contribution in [3.05, 3.63) is 5.82 Å². The Hall–Kier alpha value is -2.03. The van der Waals surface area contributed by atoms with E-state index in [1.54, 1.807) is 0 Å². The average Bonchev–Trinajstić information content (AvgIpc) is 2.73. The summed E-state index contributed by atoms with van der Waals surface area (Å²) in [5.74, 6) is -1.23. The van der Waals surface area contributed by atoms with Crippen LogP contribution in [-0.2, 0) is 27.3 Å². The predicted octanol–water partition coefficient (Wildman–Crippen LogP) is -1.81. The lowest BCUT2D eigenvalue weighted by molar-refractivity contribution is -0.142. The first-order chi connectivity index (χ1) is 8.02. The number of hydrogen-bond acceptors (Lipinski definition) is 7. The number of nitrogens with two attached hydrogens (primary N) is 1. The van der Waals surface area contributed by atoms with E-state index in [0.717, 1.165) is 4.80 Å². The molecule has 0 saturated heterocycles. The van der Waals surface area contributed by atoms with E-state index >= 15 is 0 Å². The molecule has 1 aromatic rings. The number of esters is 1. The number of hydrogen-bond donors (Lipinski definition) is 2. The molecule has 94 valence electrons. The van der Waals surface area contributed by atoms with Gasteiger partial charge in [-0.1, -0.05) is 0 Å². The number of ether oxygens (including phenoxy) is 1. The summed E-state index contributed by atoms with van der Waals surface area (Å²) in [6.45, 7) is -0.130. The first-order valence-corrected chi connectivity index (χ1v) is 4.85. The number of aryl methyl sites for hydroxylation is 1. The monoisotopic (exact) mass is 243 g/mol. The van der Waals surface area contributed by atoms with Crippen molar-refractivity contribution in [2.24, 2.45) is 5.73 Å². The van der Waals surface area contributed by atoms with Crippen molar-refractivity contribution in [1.29, 1.82) is 0 Å². The Balaban J connectivity index is 2.46. The van der Waals surface area contributed by atoms with Crippen LogP contribution in [0, 0.1) is 0 Å². The molecule has 0 aromatic carbocycles. The molecule has 0 amide bonds. The van der Waals surface area contributed by atoms with Gasteiger partial charge in [-0.2, -0.15) is 4.80 Å². The number of carbonyl (C=O) groups is 2. The standard InChI is InChI=1S/C8H13N5O4/c1-17-7(14)4-13-11-6(10-12-13)3-2-5(9)8(15)16/h5H,2-4,9H2,1H3,(H,15,16)/t5-/m0/s1. The van der Waals surface area contributed by atoms with Crippen LogP contribution < -0.4 is 5.73 Å². The van der Waals surface area contributed by atoms with Crippen LogP contribution in [0.4, 0.5) is 0 Å². The number of rotatable bonds is 6. The predicted molar refractivity (Wildman–Crippen MR) is 53.8 cm³/mol. The summed E-state index contributed by atoms with van der Waals surface area (Å²) in [5, 5.41) is 19.7. The first kappa shape index (κ1) is 13.0. The van der Waals surface area contributed by atoms with E-state index in [1.807, 2.05) is 0 Å². The maximum Gasteiger partial charge on any atom is 0.329 e. The third-order valence-electron chi connectivity index (χ3n) is 1.99. The highest BCUT2D eigenvalue weighted by molar-refractivity contribution is 5.73. The smallest absolute Gasteiger partial charge is 0.329 e. The van der Waals surface area contributed by atoms with Crippen LogP contribution in [0.5, 0.6) is 0 Å². The highest BCUT2D eigenvalue weighted by Gasteiger charge is 2.13. The molecule has 0 aliphatic heterocycles. The molecule has 0 fully saturated rings. The summed E-state index contributed by atoms with van der Waals surface area (Å²) < 4.78 is 4.43. The van der Waals surface area contributed by atoms with Gasteiger partial charge in [0.2, 0.25) is 0 Å². The number of carbonyl (C=O) groups excluding carboxylic acids is 1. The Labute approximate surface area is 96.5 Å². The molecule has 9 heteroatoms. The van der Waals surface area contributed by atoms with Gasteiger partial charge in [0.1, 0.15) is 6.04 Å². The second-order valence-electron chi connectivity index (χ2n) is 3.30. The number of carboxylic acids is 1. The van der Waals surface area contributed by atoms with Crippen LogP contribution in [0.1, 0.15) is 12.2 Å². The van der Waals surface area contributed by atoms with Gasteiger partial charge in [-0.15, -0.1) is 10.2 Å². The molecular weight excluding hydrogens is 230 g/mol. The van der Waals surface area contributed by atoms with E-state index in [1.165, 1.54) is 7.11 Å². The lowest BCUT2D eigenvalue weighted by atomic mass is 10.2. The zero-order valence-corrected chi connectivity index (χ0v) is 9.24. The molecule has 3 N–H and O–H groups in total. The SMILES string of the molecule is COC(=O)Cn1nnc(CC[C@H](N)C(=O)O)n1. The fraction of sp³-hybridized carbons (Fsp3) is 0.625. The second-order valence-corrected chi connectivity index (χ2v) is 3.30. The van der Waals surface area contributed by atoms with Gasteiger partial charge in [0.05, 0.1) is 7.11 Å². The molecule has 1 aromatic heterocycles. The van der Waals surface area contributed by atoms with Gasteiger partial charge in [0.15, 0.2) is 12.4 Å². The van der Waals surface area contributed by atoms with Crippen LogP contribution >= 0.6 is 0 Å². The lowest BCUT2D eigenvalue weighted by Gasteiger charge is -2.02. The van der Waals surface area contributed by atoms with Crippen molar-refractivity contribution in [2.45, 2.75) is 25.4 Å². The Morgan fingerprint density at radius 2 is 2.29 bits per heavy atom. The fourth-order valence-electron chi connectivity index (χ4n) is 1.03. The number of aliphatic carboxylic acids is 1. The van der Waals surface area contributed by atoms with Crippen molar-refractivity contribution >= 4 is 11.9 Å². The van der Waals surface area contributed by atoms with Gasteiger partial charge >= 0.3 is 11.9 Å². The number of tetrazole rings is 1. The van der Waals surface area contributed by atoms with E-state index < -0.39 is 18.0 Å². The molecule has 1 rings (SSSR count). The van der Waals surface area contributed by atoms with Crippen molar-refractivity contribution in [3.63, 3.8) is 0 Å². The summed E-state index contributed by atoms with van der Waals surface area (Å²) in [6, 6.07) is -0.956. The molecule has 0 radical (unpaired) electrons. The summed E-state index contributed by atoms with van der Waals surface area (Å²) >= 11 is 0. The van der Waals surface area contributed by atoms with Gasteiger partial charge in [-0.3, -0.25) is 4.79 Å². The van der Waals surface area contributed by atoms with Gasteiger partial charge in [-0.25, -0.2) is 4.79 Å². The van der Waals surface area contributed by atoms with E-state index in [-0.39, 0.29) is 19.4 Å². The minimum atomic E-state index is -1.08. The number of methoxy groups -OCH3 is 1. The van der Waals surface area contributed by atoms with Crippen molar-refractivity contribution in [2.75, 3.05) is 7.11 Å². The Morgan fingerprint density at radius 1 is 1.59 bits per heavy atom. The highest BCUT2D eigenvalue weighted by Crippen LogP contribution is 1.97. The fourth-order valence-corrected chi connectivity index (χ4v) is 1.03. The largest absolute Gasteiger partial charge is 0.480 e. The number of nitrogens with zero attached hydrogens (tertiary/aromatic N) is 4. The Morgan fingerprint density at radius 3 is 2.88 bits per heavy atom. The normalized spacial score (nSPS) is 12.1. The summed E-state index contributed by atoms with van der Waals surface area (Å²) in [4.78, 5) is 22.4. The van der Waals surface area contributed by atoms with Gasteiger partial charge in [0, 0.05) is 6.42 Å². The zero-order chi connectivity index (χ0) is 12.8. The highest BCUT2D eigenvalue weighted by atomic mass is 16.5. The summed E-state index contributed by atoms with van der Waals surface area (Å²) in [6.07, 6.45) is 0.494. The minimum absolute atomic E-state index is 0.130. The van der Waals surface area contributed by atoms with Crippen LogP contribution in [0.3, 0.4) is 0 Å². The van der Waals surface area contributed by atoms with E-state index in [2.05, 4.69) is 20.1 Å².